The molecule has 334 valence electrons. The number of benzene rings is 12. The van der Waals surface area contributed by atoms with Gasteiger partial charge in [-0.2, -0.15) is 0 Å². The van der Waals surface area contributed by atoms with Crippen LogP contribution in [-0.2, 0) is 0 Å². The topological polar surface area (TPSA) is 48.5 Å². The van der Waals surface area contributed by atoms with Crippen molar-refractivity contribution in [1.82, 2.24) is 24.1 Å². The number of para-hydroxylation sites is 2. The highest BCUT2D eigenvalue weighted by Gasteiger charge is 2.22. The Balaban J connectivity index is 1.00. The molecule has 0 N–H and O–H groups in total. The molecule has 5 nitrogen and oxygen atoms in total. The number of aromatic nitrogens is 5. The molecule has 0 atom stereocenters. The van der Waals surface area contributed by atoms with E-state index in [4.69, 9.17) is 15.0 Å². The zero-order chi connectivity index (χ0) is 47.3. The summed E-state index contributed by atoms with van der Waals surface area (Å²) in [6.45, 7) is 0. The van der Waals surface area contributed by atoms with Gasteiger partial charge in [0.2, 0.25) is 0 Å². The summed E-state index contributed by atoms with van der Waals surface area (Å²) in [5.74, 6) is 1.87. The Morgan fingerprint density at radius 1 is 0.236 bits per heavy atom. The molecule has 0 unspecified atom stereocenters. The van der Waals surface area contributed by atoms with E-state index in [1.54, 1.807) is 0 Å². The van der Waals surface area contributed by atoms with E-state index < -0.39 is 0 Å². The van der Waals surface area contributed by atoms with Crippen molar-refractivity contribution in [1.29, 1.82) is 0 Å². The molecular formula is C67H41N5. The second kappa shape index (κ2) is 15.9. The molecule has 0 saturated carbocycles. The van der Waals surface area contributed by atoms with Gasteiger partial charge in [-0.05, 0) is 109 Å². The molecule has 0 radical (unpaired) electrons. The Hall–Kier alpha value is -9.71. The summed E-state index contributed by atoms with van der Waals surface area (Å²) in [6, 6.07) is 89.5. The SMILES string of the molecule is c1ccc(-c2nc(-c3ccccc3)nc(-c3cc(-n4c5ccccc5c5cc(-c6ccc7c(c6)c6c8ccccc8ccc6n7-c6ccccc6)ccc54)c4c5ccccc5c5ccccc5c4c3)n2)cc1. The fourth-order valence-corrected chi connectivity index (χ4v) is 11.5. The van der Waals surface area contributed by atoms with Crippen molar-refractivity contribution in [2.24, 2.45) is 0 Å². The molecule has 3 heterocycles. The molecule has 0 bridgehead atoms. The van der Waals surface area contributed by atoms with Crippen molar-refractivity contribution in [3.8, 4) is 56.7 Å². The predicted molar refractivity (Wildman–Crippen MR) is 300 cm³/mol. The van der Waals surface area contributed by atoms with Gasteiger partial charge in [-0.25, -0.2) is 15.0 Å². The fourth-order valence-electron chi connectivity index (χ4n) is 11.5. The molecule has 15 aromatic rings. The van der Waals surface area contributed by atoms with Gasteiger partial charge in [-0.1, -0.05) is 188 Å². The molecule has 0 saturated heterocycles. The van der Waals surface area contributed by atoms with Crippen molar-refractivity contribution < 1.29 is 0 Å². The molecule has 15 rings (SSSR count). The van der Waals surface area contributed by atoms with E-state index in [1.807, 2.05) is 36.4 Å². The first-order chi connectivity index (χ1) is 35.7. The predicted octanol–water partition coefficient (Wildman–Crippen LogP) is 17.3. The van der Waals surface area contributed by atoms with Gasteiger partial charge in [-0.15, -0.1) is 0 Å². The summed E-state index contributed by atoms with van der Waals surface area (Å²) in [5, 5.41) is 14.5. The molecular weight excluding hydrogens is 875 g/mol. The number of rotatable bonds is 6. The monoisotopic (exact) mass is 915 g/mol. The summed E-state index contributed by atoms with van der Waals surface area (Å²) in [4.78, 5) is 15.6. The molecule has 3 aromatic heterocycles. The highest BCUT2D eigenvalue weighted by Crippen LogP contribution is 2.45. The van der Waals surface area contributed by atoms with Gasteiger partial charge in [-0.3, -0.25) is 0 Å². The van der Waals surface area contributed by atoms with E-state index in [0.717, 1.165) is 50.0 Å². The molecule has 0 amide bonds. The maximum atomic E-state index is 5.28. The minimum absolute atomic E-state index is 0.614. The first-order valence-electron chi connectivity index (χ1n) is 24.5. The lowest BCUT2D eigenvalue weighted by Crippen LogP contribution is -2.02. The average Bonchev–Trinajstić information content (AvgIpc) is 3.98. The zero-order valence-electron chi connectivity index (χ0n) is 38.9. The van der Waals surface area contributed by atoms with E-state index >= 15 is 0 Å². The minimum Gasteiger partial charge on any atom is -0.309 e. The second-order valence-electron chi connectivity index (χ2n) is 18.7. The fraction of sp³-hybridized carbons (Fsp3) is 0. The molecule has 0 fully saturated rings. The van der Waals surface area contributed by atoms with Crippen LogP contribution in [0.15, 0.2) is 249 Å². The summed E-state index contributed by atoms with van der Waals surface area (Å²) in [7, 11) is 0. The average molecular weight is 916 g/mol. The van der Waals surface area contributed by atoms with Crippen LogP contribution >= 0.6 is 0 Å². The Morgan fingerprint density at radius 2 is 0.694 bits per heavy atom. The van der Waals surface area contributed by atoms with Gasteiger partial charge in [0.15, 0.2) is 17.5 Å². The van der Waals surface area contributed by atoms with Crippen molar-refractivity contribution >= 4 is 86.7 Å². The highest BCUT2D eigenvalue weighted by atomic mass is 15.0. The number of nitrogens with zero attached hydrogens (tertiary/aromatic N) is 5. The van der Waals surface area contributed by atoms with Gasteiger partial charge in [0.25, 0.3) is 0 Å². The highest BCUT2D eigenvalue weighted by molar-refractivity contribution is 6.29. The maximum absolute atomic E-state index is 5.28. The third-order valence-electron chi connectivity index (χ3n) is 14.7. The van der Waals surface area contributed by atoms with Crippen molar-refractivity contribution in [3.63, 3.8) is 0 Å². The number of hydrogen-bond acceptors (Lipinski definition) is 3. The Bertz CT molecular complexity index is 4610. The Kier molecular flexibility index (Phi) is 8.89. The standard InChI is InChI=1S/C67H41N5/c1-4-19-43(20-5-1)65-68-66(44-21-6-2-7-22-44)70-67(69-65)47-40-56-52-28-13-12-26-50(52)51-27-14-15-30-54(51)64(56)62(41-47)72-58-31-17-16-29-53(58)55-38-45(33-35-59(55)72)46-34-36-60-57(39-46)63-49-25-11-10-18-42(49)32-37-61(63)71(60)48-23-8-3-9-24-48/h1-41H. The van der Waals surface area contributed by atoms with Crippen LogP contribution in [0, 0.1) is 0 Å². The van der Waals surface area contributed by atoms with Crippen LogP contribution in [0.1, 0.15) is 0 Å². The van der Waals surface area contributed by atoms with Crippen LogP contribution in [0.4, 0.5) is 0 Å². The minimum atomic E-state index is 0.614. The van der Waals surface area contributed by atoms with Crippen molar-refractivity contribution in [3.05, 3.63) is 249 Å². The Labute approximate surface area is 414 Å². The van der Waals surface area contributed by atoms with Crippen LogP contribution in [0.3, 0.4) is 0 Å². The maximum Gasteiger partial charge on any atom is 0.164 e. The zero-order valence-corrected chi connectivity index (χ0v) is 38.9. The molecule has 5 heteroatoms. The lowest BCUT2D eigenvalue weighted by molar-refractivity contribution is 1.07. The molecule has 0 aliphatic carbocycles. The van der Waals surface area contributed by atoms with Gasteiger partial charge < -0.3 is 9.13 Å². The molecule has 0 aliphatic heterocycles. The lowest BCUT2D eigenvalue weighted by Gasteiger charge is -2.18. The smallest absolute Gasteiger partial charge is 0.164 e. The number of fused-ring (bicyclic) bond motifs is 14. The van der Waals surface area contributed by atoms with E-state index in [9.17, 15) is 0 Å². The third kappa shape index (κ3) is 6.17. The first kappa shape index (κ1) is 40.2. The summed E-state index contributed by atoms with van der Waals surface area (Å²) >= 11 is 0. The van der Waals surface area contributed by atoms with Gasteiger partial charge in [0.1, 0.15) is 0 Å². The van der Waals surface area contributed by atoms with Crippen LogP contribution in [0.25, 0.3) is 143 Å². The van der Waals surface area contributed by atoms with Gasteiger partial charge in [0.05, 0.1) is 27.8 Å². The molecule has 0 aliphatic rings. The Morgan fingerprint density at radius 3 is 1.36 bits per heavy atom. The quantitative estimate of drug-likeness (QED) is 0.156. The van der Waals surface area contributed by atoms with E-state index in [1.165, 1.54) is 75.8 Å². The number of hydrogen-bond donors (Lipinski definition) is 0. The normalized spacial score (nSPS) is 11.9. The summed E-state index contributed by atoms with van der Waals surface area (Å²) < 4.78 is 4.88. The van der Waals surface area contributed by atoms with Gasteiger partial charge in [0, 0.05) is 49.3 Å². The van der Waals surface area contributed by atoms with Crippen molar-refractivity contribution in [2.45, 2.75) is 0 Å². The largest absolute Gasteiger partial charge is 0.309 e. The van der Waals surface area contributed by atoms with Crippen LogP contribution < -0.4 is 0 Å². The third-order valence-corrected chi connectivity index (χ3v) is 14.7. The first-order valence-corrected chi connectivity index (χ1v) is 24.5. The van der Waals surface area contributed by atoms with Crippen LogP contribution in [0.2, 0.25) is 0 Å². The van der Waals surface area contributed by atoms with Gasteiger partial charge >= 0.3 is 0 Å². The summed E-state index contributed by atoms with van der Waals surface area (Å²) in [5.41, 5.74) is 12.0. The van der Waals surface area contributed by atoms with E-state index in [-0.39, 0.29) is 0 Å². The molecule has 0 spiro atoms. The molecule has 12 aromatic carbocycles. The second-order valence-corrected chi connectivity index (χ2v) is 18.7. The van der Waals surface area contributed by atoms with Crippen molar-refractivity contribution in [2.75, 3.05) is 0 Å². The molecule has 72 heavy (non-hydrogen) atoms. The lowest BCUT2D eigenvalue weighted by atomic mass is 9.91. The van der Waals surface area contributed by atoms with E-state index in [2.05, 4.69) is 221 Å². The summed E-state index contributed by atoms with van der Waals surface area (Å²) in [6.07, 6.45) is 0. The van der Waals surface area contributed by atoms with Crippen LogP contribution in [0.5, 0.6) is 0 Å². The van der Waals surface area contributed by atoms with Crippen LogP contribution in [-0.4, -0.2) is 24.1 Å². The van der Waals surface area contributed by atoms with E-state index in [0.29, 0.717) is 17.5 Å².